The van der Waals surface area contributed by atoms with E-state index in [1.165, 1.54) is 6.92 Å². The van der Waals surface area contributed by atoms with E-state index in [1.54, 1.807) is 6.92 Å². The topological polar surface area (TPSA) is 141 Å². The van der Waals surface area contributed by atoms with Gasteiger partial charge in [0, 0.05) is 25.0 Å². The van der Waals surface area contributed by atoms with Gasteiger partial charge in [0.05, 0.1) is 29.6 Å². The van der Waals surface area contributed by atoms with Gasteiger partial charge in [-0.1, -0.05) is 56.7 Å². The third-order valence-electron chi connectivity index (χ3n) is 12.8. The Bertz CT molecular complexity index is 1410. The van der Waals surface area contributed by atoms with Crippen LogP contribution in [-0.4, -0.2) is 55.3 Å². The van der Waals surface area contributed by atoms with Crippen LogP contribution >= 0.6 is 0 Å². The molecule has 1 aromatic heterocycles. The van der Waals surface area contributed by atoms with Gasteiger partial charge >= 0.3 is 5.97 Å². The van der Waals surface area contributed by atoms with E-state index in [1.807, 2.05) is 43.0 Å². The summed E-state index contributed by atoms with van der Waals surface area (Å²) in [7, 11) is 0. The molecule has 0 unspecified atom stereocenters. The number of ketones is 1. The van der Waals surface area contributed by atoms with E-state index in [9.17, 15) is 19.8 Å². The first kappa shape index (κ1) is 32.8. The minimum absolute atomic E-state index is 0.0758. The molecule has 0 amide bonds. The van der Waals surface area contributed by atoms with Gasteiger partial charge in [-0.3, -0.25) is 9.59 Å². The van der Waals surface area contributed by atoms with Gasteiger partial charge in [0.25, 0.3) is 0 Å². The van der Waals surface area contributed by atoms with Crippen LogP contribution < -0.4 is 5.73 Å². The molecule has 10 atom stereocenters. The fourth-order valence-electron chi connectivity index (χ4n) is 10.7. The van der Waals surface area contributed by atoms with E-state index in [2.05, 4.69) is 38.0 Å². The average molecular weight is 609 g/mol. The summed E-state index contributed by atoms with van der Waals surface area (Å²) < 4.78 is 7.98. The Morgan fingerprint density at radius 3 is 2.36 bits per heavy atom. The van der Waals surface area contributed by atoms with Crippen LogP contribution in [-0.2, 0) is 26.4 Å². The van der Waals surface area contributed by atoms with Crippen molar-refractivity contribution in [1.29, 1.82) is 0 Å². The predicted molar refractivity (Wildman–Crippen MR) is 168 cm³/mol. The Morgan fingerprint density at radius 1 is 1.07 bits per heavy atom. The van der Waals surface area contributed by atoms with Gasteiger partial charge in [-0.15, -0.1) is 5.10 Å². The summed E-state index contributed by atoms with van der Waals surface area (Å²) in [5, 5.41) is 32.6. The summed E-state index contributed by atoms with van der Waals surface area (Å²) in [5.41, 5.74) is 7.45. The summed E-state index contributed by atoms with van der Waals surface area (Å²) in [5.74, 6) is -0.845. The van der Waals surface area contributed by atoms with Crippen LogP contribution in [0.3, 0.4) is 0 Å². The zero-order valence-electron chi connectivity index (χ0n) is 27.8. The normalized spacial score (nSPS) is 42.7. The Hall–Kier alpha value is -2.62. The number of allylic oxidation sites excluding steroid dienone is 5. The molecular formula is C35H52N4O5. The van der Waals surface area contributed by atoms with E-state index in [0.29, 0.717) is 30.5 Å². The summed E-state index contributed by atoms with van der Waals surface area (Å²) in [6.07, 6.45) is 9.85. The number of carbonyl (C=O) groups is 2. The van der Waals surface area contributed by atoms with E-state index >= 15 is 0 Å². The van der Waals surface area contributed by atoms with E-state index in [4.69, 9.17) is 10.5 Å². The zero-order valence-corrected chi connectivity index (χ0v) is 27.8. The number of aromatic nitrogens is 3. The number of carbonyl (C=O) groups excluding carboxylic acids is 2. The number of hydrogen-bond donors (Lipinski definition) is 3. The summed E-state index contributed by atoms with van der Waals surface area (Å²) >= 11 is 0. The highest BCUT2D eigenvalue weighted by atomic mass is 16.5. The molecule has 1 heterocycles. The lowest BCUT2D eigenvalue weighted by molar-refractivity contribution is -0.264. The van der Waals surface area contributed by atoms with Crippen LogP contribution in [0.4, 0.5) is 0 Å². The molecule has 1 aromatic rings. The largest absolute Gasteiger partial charge is 0.458 e. The fraction of sp³-hybridized carbons (Fsp3) is 0.714. The standard InChI is InChI=1S/C35H52N4O5/c1-20(2)10-9-11-25(22(4)40)30-26-16-28(43)31-32(6,34(26,8)17-29(30)44-23(5)41)14-15-35(39-19-24(18-36)37-38-39)21(3)27(42)12-13-33(31,35)7/h9-11,19,21,26-29,31,42-43H,12-18,36H2,1-8H3/b11-9-,30-25-/t21-,26+,27-,28-,29+,31-,32+,33-,34+,35-/m1/s1. The van der Waals surface area contributed by atoms with Gasteiger partial charge < -0.3 is 20.7 Å². The molecule has 4 aliphatic rings. The second-order valence-electron chi connectivity index (χ2n) is 15.1. The molecule has 5 rings (SSSR count). The van der Waals surface area contributed by atoms with Gasteiger partial charge in [0.15, 0.2) is 5.78 Å². The Balaban J connectivity index is 1.69. The maximum Gasteiger partial charge on any atom is 0.303 e. The van der Waals surface area contributed by atoms with Crippen LogP contribution in [0.5, 0.6) is 0 Å². The molecule has 242 valence electrons. The number of Topliss-reactive ketones (excluding diaryl/α,β-unsaturated/α-hetero) is 1. The lowest BCUT2D eigenvalue weighted by Gasteiger charge is -2.72. The van der Waals surface area contributed by atoms with Crippen LogP contribution in [0, 0.1) is 34.0 Å². The average Bonchev–Trinajstić information content (AvgIpc) is 3.52. The van der Waals surface area contributed by atoms with E-state index in [-0.39, 0.29) is 46.9 Å². The minimum atomic E-state index is -0.677. The van der Waals surface area contributed by atoms with Crippen molar-refractivity contribution in [2.24, 2.45) is 39.7 Å². The molecular weight excluding hydrogens is 556 g/mol. The molecule has 44 heavy (non-hydrogen) atoms. The number of nitrogens with two attached hydrogens (primary N) is 1. The minimum Gasteiger partial charge on any atom is -0.458 e. The Labute approximate surface area is 262 Å². The lowest BCUT2D eigenvalue weighted by Crippen LogP contribution is -2.72. The fourth-order valence-corrected chi connectivity index (χ4v) is 10.7. The third-order valence-corrected chi connectivity index (χ3v) is 12.8. The van der Waals surface area contributed by atoms with Gasteiger partial charge in [0.1, 0.15) is 6.10 Å². The first-order valence-electron chi connectivity index (χ1n) is 16.3. The van der Waals surface area contributed by atoms with Gasteiger partial charge in [-0.25, -0.2) is 4.68 Å². The first-order chi connectivity index (χ1) is 20.6. The highest BCUT2D eigenvalue weighted by Gasteiger charge is 2.75. The van der Waals surface area contributed by atoms with Crippen molar-refractivity contribution in [3.63, 3.8) is 0 Å². The first-order valence-corrected chi connectivity index (χ1v) is 16.3. The molecule has 4 aliphatic carbocycles. The number of rotatable bonds is 6. The van der Waals surface area contributed by atoms with Crippen molar-refractivity contribution in [2.75, 3.05) is 0 Å². The molecule has 0 aliphatic heterocycles. The molecule has 0 bridgehead atoms. The van der Waals surface area contributed by atoms with Crippen LogP contribution in [0.2, 0.25) is 0 Å². The zero-order chi connectivity index (χ0) is 32.4. The van der Waals surface area contributed by atoms with Gasteiger partial charge in [-0.2, -0.15) is 0 Å². The van der Waals surface area contributed by atoms with Gasteiger partial charge in [0.2, 0.25) is 0 Å². The van der Waals surface area contributed by atoms with E-state index < -0.39 is 29.3 Å². The van der Waals surface area contributed by atoms with Gasteiger partial charge in [-0.05, 0) is 93.0 Å². The smallest absolute Gasteiger partial charge is 0.303 e. The molecule has 0 radical (unpaired) electrons. The molecule has 4 N–H and O–H groups in total. The van der Waals surface area contributed by atoms with Crippen molar-refractivity contribution in [1.82, 2.24) is 15.0 Å². The maximum absolute atomic E-state index is 13.2. The molecule has 9 heteroatoms. The molecule has 4 saturated carbocycles. The number of ether oxygens (including phenoxy) is 1. The van der Waals surface area contributed by atoms with Crippen molar-refractivity contribution < 1.29 is 24.5 Å². The molecule has 9 nitrogen and oxygen atoms in total. The summed E-state index contributed by atoms with van der Waals surface area (Å²) in [6.45, 7) is 16.3. The number of hydrogen-bond acceptors (Lipinski definition) is 8. The predicted octanol–water partition coefficient (Wildman–Crippen LogP) is 4.78. The highest BCUT2D eigenvalue weighted by Crippen LogP contribution is 2.76. The number of fused-ring (bicyclic) bond motifs is 5. The summed E-state index contributed by atoms with van der Waals surface area (Å²) in [4.78, 5) is 25.7. The number of aliphatic hydroxyl groups excluding tert-OH is 2. The van der Waals surface area contributed by atoms with Crippen molar-refractivity contribution in [3.05, 3.63) is 46.8 Å². The van der Waals surface area contributed by atoms with Crippen LogP contribution in [0.15, 0.2) is 41.1 Å². The van der Waals surface area contributed by atoms with E-state index in [0.717, 1.165) is 30.4 Å². The molecule has 0 saturated heterocycles. The molecule has 4 fully saturated rings. The SMILES string of the molecule is CC(=O)O[C@H]1C[C@@]2(C)[C@@H](C[C@@H](O)[C@@H]3[C@]2(C)CC[C@@]2(n4cc(CN)nn4)[C@H](C)[C@H](O)CC[C@]32C)/C1=C(\C=C/C=C(C)C)C(C)=O. The lowest BCUT2D eigenvalue weighted by atomic mass is 9.34. The number of aliphatic hydroxyl groups is 2. The van der Waals surface area contributed by atoms with Crippen molar-refractivity contribution in [3.8, 4) is 0 Å². The van der Waals surface area contributed by atoms with Crippen LogP contribution in [0.1, 0.15) is 99.6 Å². The maximum atomic E-state index is 13.2. The molecule has 0 spiro atoms. The Kier molecular flexibility index (Phi) is 8.43. The third kappa shape index (κ3) is 4.59. The van der Waals surface area contributed by atoms with Crippen LogP contribution in [0.25, 0.3) is 0 Å². The summed E-state index contributed by atoms with van der Waals surface area (Å²) in [6, 6.07) is 0. The Morgan fingerprint density at radius 2 is 1.77 bits per heavy atom. The monoisotopic (exact) mass is 608 g/mol. The molecule has 0 aromatic carbocycles. The number of nitrogens with zero attached hydrogens (tertiary/aromatic N) is 3. The second-order valence-corrected chi connectivity index (χ2v) is 15.1. The second kappa shape index (κ2) is 11.3. The van der Waals surface area contributed by atoms with Crippen molar-refractivity contribution in [2.45, 2.75) is 124 Å². The van der Waals surface area contributed by atoms with Crippen molar-refractivity contribution >= 4 is 11.8 Å². The number of esters is 1. The highest BCUT2D eigenvalue weighted by molar-refractivity contribution is 5.97. The quantitative estimate of drug-likeness (QED) is 0.238.